The molecule has 0 aliphatic carbocycles. The van der Waals surface area contributed by atoms with Crippen LogP contribution in [0.25, 0.3) is 0 Å². The second-order valence-corrected chi connectivity index (χ2v) is 7.40. The first-order chi connectivity index (χ1) is 11.2. The summed E-state index contributed by atoms with van der Waals surface area (Å²) in [7, 11) is 0. The van der Waals surface area contributed by atoms with Gasteiger partial charge >= 0.3 is 0 Å². The van der Waals surface area contributed by atoms with E-state index in [1.165, 1.54) is 5.56 Å². The van der Waals surface area contributed by atoms with Crippen LogP contribution < -0.4 is 5.32 Å². The van der Waals surface area contributed by atoms with Gasteiger partial charge in [-0.15, -0.1) is 23.1 Å². The molecule has 0 radical (unpaired) electrons. The Morgan fingerprint density at radius 2 is 2.04 bits per heavy atom. The quantitative estimate of drug-likeness (QED) is 0.926. The van der Waals surface area contributed by atoms with Gasteiger partial charge in [0.2, 0.25) is 5.91 Å². The van der Waals surface area contributed by atoms with Crippen molar-refractivity contribution in [1.82, 2.24) is 10.2 Å². The lowest BCUT2D eigenvalue weighted by Crippen LogP contribution is -2.47. The molecule has 2 amide bonds. The lowest BCUT2D eigenvalue weighted by atomic mass is 10.1. The van der Waals surface area contributed by atoms with Crippen LogP contribution in [0.3, 0.4) is 0 Å². The predicted molar refractivity (Wildman–Crippen MR) is 94.6 cm³/mol. The Kier molecular flexibility index (Phi) is 5.03. The highest BCUT2D eigenvalue weighted by Gasteiger charge is 2.34. The van der Waals surface area contributed by atoms with E-state index in [1.807, 2.05) is 36.6 Å². The number of thiophene rings is 1. The molecule has 6 heteroatoms. The van der Waals surface area contributed by atoms with Crippen molar-refractivity contribution in [2.45, 2.75) is 19.5 Å². The number of benzene rings is 1. The fourth-order valence-electron chi connectivity index (χ4n) is 2.48. The van der Waals surface area contributed by atoms with E-state index >= 15 is 0 Å². The molecule has 1 fully saturated rings. The van der Waals surface area contributed by atoms with Crippen molar-refractivity contribution in [3.05, 3.63) is 57.8 Å². The van der Waals surface area contributed by atoms with Gasteiger partial charge in [0.05, 0.1) is 12.4 Å². The minimum atomic E-state index is -0.395. The van der Waals surface area contributed by atoms with Crippen LogP contribution >= 0.6 is 23.1 Å². The normalized spacial score (nSPS) is 17.3. The van der Waals surface area contributed by atoms with Crippen LogP contribution in [0.1, 0.15) is 20.8 Å². The zero-order chi connectivity index (χ0) is 16.2. The number of carbonyl (C=O) groups excluding carboxylic acids is 2. The zero-order valence-corrected chi connectivity index (χ0v) is 14.5. The summed E-state index contributed by atoms with van der Waals surface area (Å²) < 4.78 is 0. The highest BCUT2D eigenvalue weighted by molar-refractivity contribution is 7.99. The SMILES string of the molecule is Cc1ccsc1CNC(=O)C1CSCN1C(=O)c1ccccc1. The van der Waals surface area contributed by atoms with E-state index in [9.17, 15) is 9.59 Å². The van der Waals surface area contributed by atoms with E-state index in [0.29, 0.717) is 23.7 Å². The first-order valence-corrected chi connectivity index (χ1v) is 9.44. The van der Waals surface area contributed by atoms with Crippen molar-refractivity contribution in [3.8, 4) is 0 Å². The van der Waals surface area contributed by atoms with Gasteiger partial charge in [-0.25, -0.2) is 0 Å². The van der Waals surface area contributed by atoms with Gasteiger partial charge in [-0.1, -0.05) is 18.2 Å². The van der Waals surface area contributed by atoms with Gasteiger partial charge in [0.15, 0.2) is 0 Å². The Hall–Kier alpha value is -1.79. The number of thioether (sulfide) groups is 1. The van der Waals surface area contributed by atoms with Crippen LogP contribution in [-0.4, -0.2) is 34.4 Å². The number of carbonyl (C=O) groups is 2. The average Bonchev–Trinajstić information content (AvgIpc) is 3.22. The van der Waals surface area contributed by atoms with Gasteiger partial charge in [-0.2, -0.15) is 0 Å². The average molecular weight is 346 g/mol. The van der Waals surface area contributed by atoms with E-state index < -0.39 is 6.04 Å². The summed E-state index contributed by atoms with van der Waals surface area (Å²) in [5.41, 5.74) is 1.82. The molecular formula is C17H18N2O2S2. The molecule has 3 rings (SSSR count). The zero-order valence-electron chi connectivity index (χ0n) is 12.8. The molecule has 1 unspecified atom stereocenters. The molecule has 2 heterocycles. The predicted octanol–water partition coefficient (Wildman–Crippen LogP) is 2.89. The molecule has 1 saturated heterocycles. The number of nitrogens with zero attached hydrogens (tertiary/aromatic N) is 1. The second kappa shape index (κ2) is 7.19. The summed E-state index contributed by atoms with van der Waals surface area (Å²) in [5, 5.41) is 4.99. The minimum absolute atomic E-state index is 0.0768. The molecule has 1 atom stereocenters. The number of nitrogens with one attached hydrogen (secondary N) is 1. The van der Waals surface area contributed by atoms with E-state index in [2.05, 4.69) is 5.32 Å². The highest BCUT2D eigenvalue weighted by atomic mass is 32.2. The van der Waals surface area contributed by atoms with Gasteiger partial charge in [0.1, 0.15) is 6.04 Å². The van der Waals surface area contributed by atoms with Crippen molar-refractivity contribution in [3.63, 3.8) is 0 Å². The summed E-state index contributed by atoms with van der Waals surface area (Å²) in [6.45, 7) is 2.56. The number of hydrogen-bond donors (Lipinski definition) is 1. The van der Waals surface area contributed by atoms with Gasteiger partial charge in [-0.05, 0) is 36.1 Å². The van der Waals surface area contributed by atoms with Crippen molar-refractivity contribution in [2.24, 2.45) is 0 Å². The third-order valence-corrected chi connectivity index (χ3v) is 5.89. The lowest BCUT2D eigenvalue weighted by molar-refractivity contribution is -0.124. The molecular weight excluding hydrogens is 328 g/mol. The summed E-state index contributed by atoms with van der Waals surface area (Å²) in [4.78, 5) is 27.9. The summed E-state index contributed by atoms with van der Waals surface area (Å²) >= 11 is 3.25. The highest BCUT2D eigenvalue weighted by Crippen LogP contribution is 2.23. The van der Waals surface area contributed by atoms with Gasteiger partial charge < -0.3 is 10.2 Å². The molecule has 1 aromatic carbocycles. The minimum Gasteiger partial charge on any atom is -0.349 e. The van der Waals surface area contributed by atoms with Gasteiger partial charge in [-0.3, -0.25) is 9.59 Å². The van der Waals surface area contributed by atoms with Crippen molar-refractivity contribution in [1.29, 1.82) is 0 Å². The first kappa shape index (κ1) is 16.1. The Labute approximate surface area is 143 Å². The van der Waals surface area contributed by atoms with E-state index in [1.54, 1.807) is 40.1 Å². The molecule has 1 aromatic heterocycles. The monoisotopic (exact) mass is 346 g/mol. The molecule has 2 aromatic rings. The summed E-state index contributed by atoms with van der Waals surface area (Å²) in [6.07, 6.45) is 0. The van der Waals surface area contributed by atoms with Crippen LogP contribution in [0.15, 0.2) is 41.8 Å². The van der Waals surface area contributed by atoms with Crippen LogP contribution in [0.5, 0.6) is 0 Å². The van der Waals surface area contributed by atoms with Crippen molar-refractivity contribution < 1.29 is 9.59 Å². The number of amides is 2. The largest absolute Gasteiger partial charge is 0.349 e. The maximum Gasteiger partial charge on any atom is 0.255 e. The number of aryl methyl sites for hydroxylation is 1. The van der Waals surface area contributed by atoms with E-state index in [4.69, 9.17) is 0 Å². The smallest absolute Gasteiger partial charge is 0.255 e. The Bertz CT molecular complexity index is 700. The number of rotatable bonds is 4. The molecule has 120 valence electrons. The maximum atomic E-state index is 12.6. The van der Waals surface area contributed by atoms with Crippen LogP contribution in [-0.2, 0) is 11.3 Å². The molecule has 23 heavy (non-hydrogen) atoms. The Morgan fingerprint density at radius 3 is 2.74 bits per heavy atom. The lowest BCUT2D eigenvalue weighted by Gasteiger charge is -2.23. The molecule has 0 spiro atoms. The van der Waals surface area contributed by atoms with Crippen LogP contribution in [0, 0.1) is 6.92 Å². The fraction of sp³-hybridized carbons (Fsp3) is 0.294. The molecule has 0 saturated carbocycles. The first-order valence-electron chi connectivity index (χ1n) is 7.41. The maximum absolute atomic E-state index is 12.6. The second-order valence-electron chi connectivity index (χ2n) is 5.40. The van der Waals surface area contributed by atoms with Gasteiger partial charge in [0, 0.05) is 16.2 Å². The Balaban J connectivity index is 1.65. The van der Waals surface area contributed by atoms with E-state index in [-0.39, 0.29) is 11.8 Å². The van der Waals surface area contributed by atoms with Gasteiger partial charge in [0.25, 0.3) is 5.91 Å². The van der Waals surface area contributed by atoms with Crippen LogP contribution in [0.2, 0.25) is 0 Å². The molecule has 1 aliphatic heterocycles. The number of hydrogen-bond acceptors (Lipinski definition) is 4. The van der Waals surface area contributed by atoms with Crippen molar-refractivity contribution in [2.75, 3.05) is 11.6 Å². The summed E-state index contributed by atoms with van der Waals surface area (Å²) in [6, 6.07) is 10.8. The van der Waals surface area contributed by atoms with Crippen molar-refractivity contribution >= 4 is 34.9 Å². The topological polar surface area (TPSA) is 49.4 Å². The third-order valence-electron chi connectivity index (χ3n) is 3.86. The fourth-order valence-corrected chi connectivity index (χ4v) is 4.48. The molecule has 1 N–H and O–H groups in total. The third kappa shape index (κ3) is 3.59. The standard InChI is InChI=1S/C17H18N2O2S2/c1-12-7-8-23-15(12)9-18-16(20)14-10-22-11-19(14)17(21)13-5-3-2-4-6-13/h2-8,14H,9-11H2,1H3,(H,18,20). The summed E-state index contributed by atoms with van der Waals surface area (Å²) in [5.74, 6) is 1.05. The molecule has 4 nitrogen and oxygen atoms in total. The Morgan fingerprint density at radius 1 is 1.26 bits per heavy atom. The molecule has 1 aliphatic rings. The molecule has 0 bridgehead atoms. The van der Waals surface area contributed by atoms with E-state index in [0.717, 1.165) is 4.88 Å². The van der Waals surface area contributed by atoms with Crippen LogP contribution in [0.4, 0.5) is 0 Å².